The summed E-state index contributed by atoms with van der Waals surface area (Å²) in [6, 6.07) is 132. The van der Waals surface area contributed by atoms with Crippen LogP contribution < -0.4 is 10.2 Å². The Balaban J connectivity index is 0.000000122. The minimum absolute atomic E-state index is 0.00624. The monoisotopic (exact) mass is 1470 g/mol. The van der Waals surface area contributed by atoms with Gasteiger partial charge in [-0.05, 0) is 233 Å². The number of anilines is 5. The number of rotatable bonds is 9. The number of hydrogen-bond donors (Lipinski definition) is 1. The van der Waals surface area contributed by atoms with Crippen LogP contribution in [0.15, 0.2) is 364 Å². The van der Waals surface area contributed by atoms with Crippen molar-refractivity contribution in [1.82, 2.24) is 9.13 Å². The van der Waals surface area contributed by atoms with Crippen molar-refractivity contribution >= 4 is 83.6 Å². The van der Waals surface area contributed by atoms with Gasteiger partial charge in [0, 0.05) is 88.0 Å². The number of para-hydroxylation sites is 2. The first-order chi connectivity index (χ1) is 55.0. The van der Waals surface area contributed by atoms with Crippen LogP contribution in [0.4, 0.5) is 28.4 Å². The molecule has 18 aromatic rings. The number of nitrogens with one attached hydrogen (secondary N) is 1. The molecule has 0 atom stereocenters. The molecule has 0 unspecified atom stereocenters. The summed E-state index contributed by atoms with van der Waals surface area (Å²) in [5.74, 6) is 0. The summed E-state index contributed by atoms with van der Waals surface area (Å²) >= 11 is 6.41. The highest BCUT2D eigenvalue weighted by Crippen LogP contribution is 2.56. The number of halogens is 1. The molecule has 0 bridgehead atoms. The van der Waals surface area contributed by atoms with Crippen LogP contribution >= 0.6 is 11.6 Å². The Morgan fingerprint density at radius 1 is 0.230 bits per heavy atom. The molecule has 0 radical (unpaired) electrons. The van der Waals surface area contributed by atoms with Crippen molar-refractivity contribution in [3.8, 4) is 78.1 Å². The van der Waals surface area contributed by atoms with Crippen LogP contribution in [0.1, 0.15) is 99.9 Å². The zero-order valence-corrected chi connectivity index (χ0v) is 65.6. The lowest BCUT2D eigenvalue weighted by Gasteiger charge is -2.28. The van der Waals surface area contributed by atoms with Crippen LogP contribution in [0.3, 0.4) is 0 Å². The molecule has 2 aromatic heterocycles. The van der Waals surface area contributed by atoms with Gasteiger partial charge in [-0.2, -0.15) is 0 Å². The number of benzene rings is 16. The standard InChI is InChI=1S/C54H42N2.C27H20ClN.C27H23N/c1-53(2)47-24-13-11-22-41(47)43-28-26-39(31-49(43)53)55(38-21-15-18-36(30-38)35-16-7-5-8-17-35)40-27-29-44-46-33-50-45(42-23-12-14-25-48(42)54(50,3)4)34-52(46)56(51(44)32-40)37-19-9-6-10-20-37;1-27(2)23-11-7-6-10-19(23)21-16-26-22(15-24(21)27)20-13-12-17(28)14-25(20)29(26)18-8-4-3-5-9-18;1-27(2)25-14-7-6-13-23(25)24-16-15-22(18-26(24)27)28-21-12-8-11-20(17-21)19-9-4-3-5-10-19/h5-34H,1-4H3;3-16H,1-2H3;3-18,28H,1-2H3. The van der Waals surface area contributed by atoms with Crippen LogP contribution in [0.5, 0.6) is 0 Å². The molecule has 113 heavy (non-hydrogen) atoms. The molecule has 4 nitrogen and oxygen atoms in total. The normalized spacial score (nSPS) is 14.2. The average Bonchev–Trinajstić information content (AvgIpc) is 1.55. The molecule has 2 heterocycles. The maximum atomic E-state index is 6.41. The van der Waals surface area contributed by atoms with Crippen LogP contribution in [0.2, 0.25) is 5.02 Å². The molecule has 0 saturated carbocycles. The second kappa shape index (κ2) is 26.6. The van der Waals surface area contributed by atoms with Crippen LogP contribution in [-0.4, -0.2) is 9.13 Å². The van der Waals surface area contributed by atoms with Gasteiger partial charge in [0.2, 0.25) is 0 Å². The van der Waals surface area contributed by atoms with Gasteiger partial charge >= 0.3 is 0 Å². The first-order valence-electron chi connectivity index (χ1n) is 39.6. The third kappa shape index (κ3) is 11.3. The van der Waals surface area contributed by atoms with Gasteiger partial charge in [-0.25, -0.2) is 0 Å². The maximum Gasteiger partial charge on any atom is 0.0561 e. The average molecular weight is 1470 g/mol. The molecule has 4 aliphatic rings. The maximum absolute atomic E-state index is 6.41. The Hall–Kier alpha value is -13.0. The Bertz CT molecular complexity index is 6830. The molecule has 22 rings (SSSR count). The fourth-order valence-electron chi connectivity index (χ4n) is 19.3. The van der Waals surface area contributed by atoms with E-state index in [4.69, 9.17) is 11.6 Å². The molecule has 4 aliphatic carbocycles. The lowest BCUT2D eigenvalue weighted by Crippen LogP contribution is -2.16. The van der Waals surface area contributed by atoms with E-state index in [0.29, 0.717) is 0 Å². The van der Waals surface area contributed by atoms with Gasteiger partial charge in [0.1, 0.15) is 0 Å². The van der Waals surface area contributed by atoms with Crippen LogP contribution in [-0.2, 0) is 21.7 Å². The summed E-state index contributed by atoms with van der Waals surface area (Å²) in [5, 5.41) is 9.42. The van der Waals surface area contributed by atoms with Crippen molar-refractivity contribution in [2.75, 3.05) is 10.2 Å². The van der Waals surface area contributed by atoms with Gasteiger partial charge in [-0.1, -0.05) is 310 Å². The van der Waals surface area contributed by atoms with E-state index in [1.807, 2.05) is 6.07 Å². The van der Waals surface area contributed by atoms with Gasteiger partial charge in [-0.3, -0.25) is 0 Å². The van der Waals surface area contributed by atoms with E-state index in [2.05, 4.69) is 433 Å². The van der Waals surface area contributed by atoms with Gasteiger partial charge in [0.25, 0.3) is 0 Å². The second-order valence-electron chi connectivity index (χ2n) is 33.0. The van der Waals surface area contributed by atoms with Crippen LogP contribution in [0, 0.1) is 0 Å². The minimum Gasteiger partial charge on any atom is -0.356 e. The summed E-state index contributed by atoms with van der Waals surface area (Å²) in [6.45, 7) is 18.8. The fraction of sp³-hybridized carbons (Fsp3) is 0.111. The van der Waals surface area contributed by atoms with Crippen molar-refractivity contribution in [2.45, 2.75) is 77.0 Å². The van der Waals surface area contributed by atoms with Crippen molar-refractivity contribution in [1.29, 1.82) is 0 Å². The quantitative estimate of drug-likeness (QED) is 0.156. The van der Waals surface area contributed by atoms with E-state index in [1.54, 1.807) is 0 Å². The third-order valence-electron chi connectivity index (χ3n) is 25.1. The summed E-state index contributed by atoms with van der Waals surface area (Å²) < 4.78 is 4.81. The lowest BCUT2D eigenvalue weighted by molar-refractivity contribution is 0.660. The van der Waals surface area contributed by atoms with Gasteiger partial charge in [0.05, 0.1) is 22.1 Å². The number of aromatic nitrogens is 2. The molecular weight excluding hydrogens is 1390 g/mol. The summed E-state index contributed by atoms with van der Waals surface area (Å²) in [5.41, 5.74) is 39.3. The topological polar surface area (TPSA) is 25.1 Å². The highest BCUT2D eigenvalue weighted by molar-refractivity contribution is 6.31. The Kier molecular flexibility index (Phi) is 16.3. The smallest absolute Gasteiger partial charge is 0.0561 e. The molecular formula is C108H85ClN4. The van der Waals surface area contributed by atoms with E-state index < -0.39 is 0 Å². The number of hydrogen-bond acceptors (Lipinski definition) is 2. The third-order valence-corrected chi connectivity index (χ3v) is 25.3. The predicted molar refractivity (Wildman–Crippen MR) is 479 cm³/mol. The molecule has 544 valence electrons. The molecule has 16 aromatic carbocycles. The summed E-state index contributed by atoms with van der Waals surface area (Å²) in [7, 11) is 0. The predicted octanol–water partition coefficient (Wildman–Crippen LogP) is 29.7. The highest BCUT2D eigenvalue weighted by Gasteiger charge is 2.40. The molecule has 1 N–H and O–H groups in total. The number of fused-ring (bicyclic) bond motifs is 18. The van der Waals surface area contributed by atoms with Crippen molar-refractivity contribution < 1.29 is 0 Å². The highest BCUT2D eigenvalue weighted by atomic mass is 35.5. The summed E-state index contributed by atoms with van der Waals surface area (Å²) in [6.07, 6.45) is 0. The Morgan fingerprint density at radius 3 is 1.08 bits per heavy atom. The molecule has 0 fully saturated rings. The minimum atomic E-state index is -0.115. The Labute approximate surface area is 667 Å². The molecule has 0 amide bonds. The molecule has 0 spiro atoms. The second-order valence-corrected chi connectivity index (χ2v) is 33.5. The first-order valence-corrected chi connectivity index (χ1v) is 39.9. The molecule has 5 heteroatoms. The zero-order chi connectivity index (χ0) is 76.7. The van der Waals surface area contributed by atoms with Crippen molar-refractivity contribution in [2.24, 2.45) is 0 Å². The van der Waals surface area contributed by atoms with Crippen LogP contribution in [0.25, 0.3) is 122 Å². The van der Waals surface area contributed by atoms with E-state index in [0.717, 1.165) is 50.4 Å². The van der Waals surface area contributed by atoms with Gasteiger partial charge in [-0.15, -0.1) is 0 Å². The fourth-order valence-corrected chi connectivity index (χ4v) is 19.5. The van der Waals surface area contributed by atoms with E-state index in [1.165, 1.54) is 149 Å². The molecule has 0 saturated heterocycles. The first kappa shape index (κ1) is 69.2. The van der Waals surface area contributed by atoms with E-state index >= 15 is 0 Å². The van der Waals surface area contributed by atoms with E-state index in [-0.39, 0.29) is 21.7 Å². The zero-order valence-electron chi connectivity index (χ0n) is 64.9. The SMILES string of the molecule is CC1(C)c2ccccc2-c2cc3c(cc21)c1ccc(Cl)cc1n3-c1ccccc1.CC1(C)c2ccccc2-c2ccc(N(c3cccc(-c4ccccc4)c3)c3ccc4c5cc6c(cc5n(-c5ccccc5)c4c3)-c3ccccc3C6(C)C)cc21.CC1(C)c2ccccc2-c2ccc(Nc3cccc(-c4ccccc4)c3)cc21. The summed E-state index contributed by atoms with van der Waals surface area (Å²) in [4.78, 5) is 2.46. The lowest BCUT2D eigenvalue weighted by atomic mass is 9.82. The van der Waals surface area contributed by atoms with E-state index in [9.17, 15) is 0 Å². The molecule has 0 aliphatic heterocycles. The van der Waals surface area contributed by atoms with Gasteiger partial charge < -0.3 is 19.4 Å². The Morgan fingerprint density at radius 2 is 0.575 bits per heavy atom. The number of nitrogens with zero attached hydrogens (tertiary/aromatic N) is 3. The largest absolute Gasteiger partial charge is 0.356 e. The van der Waals surface area contributed by atoms with Crippen molar-refractivity contribution in [3.63, 3.8) is 0 Å². The van der Waals surface area contributed by atoms with Crippen molar-refractivity contribution in [3.05, 3.63) is 414 Å². The van der Waals surface area contributed by atoms with Gasteiger partial charge in [0.15, 0.2) is 0 Å².